The van der Waals surface area contributed by atoms with Gasteiger partial charge in [-0.15, -0.1) is 11.3 Å². The van der Waals surface area contributed by atoms with Gasteiger partial charge in [0.15, 0.2) is 0 Å². The number of aliphatic hydroxyl groups is 1. The van der Waals surface area contributed by atoms with Gasteiger partial charge in [0.25, 0.3) is 0 Å². The van der Waals surface area contributed by atoms with Gasteiger partial charge in [-0.1, -0.05) is 12.8 Å². The van der Waals surface area contributed by atoms with E-state index < -0.39 is 0 Å². The Balaban J connectivity index is 1.92. The lowest BCUT2D eigenvalue weighted by Crippen LogP contribution is -2.24. The number of amides is 1. The Morgan fingerprint density at radius 2 is 2.20 bits per heavy atom. The fourth-order valence-electron chi connectivity index (χ4n) is 1.72. The van der Waals surface area contributed by atoms with Gasteiger partial charge in [0.05, 0.1) is 10.7 Å². The molecule has 1 aromatic heterocycles. The number of thioether (sulfide) groups is 1. The Hall–Kier alpha value is -0.590. The predicted molar refractivity (Wildman–Crippen MR) is 86.2 cm³/mol. The second kappa shape index (κ2) is 11.1. The monoisotopic (exact) mass is 316 g/mol. The first-order valence-corrected chi connectivity index (χ1v) is 9.12. The molecular weight excluding hydrogens is 292 g/mol. The molecule has 0 spiro atoms. The zero-order chi connectivity index (χ0) is 14.6. The zero-order valence-corrected chi connectivity index (χ0v) is 13.7. The van der Waals surface area contributed by atoms with E-state index in [2.05, 4.69) is 15.7 Å². The lowest BCUT2D eigenvalue weighted by atomic mass is 10.2. The molecule has 1 aromatic rings. The van der Waals surface area contributed by atoms with E-state index in [9.17, 15) is 4.79 Å². The van der Waals surface area contributed by atoms with Gasteiger partial charge in [0, 0.05) is 36.5 Å². The maximum absolute atomic E-state index is 11.6. The number of hydrogen-bond donors (Lipinski definition) is 2. The van der Waals surface area contributed by atoms with Gasteiger partial charge >= 0.3 is 0 Å². The van der Waals surface area contributed by atoms with Crippen molar-refractivity contribution < 1.29 is 9.90 Å². The molecule has 20 heavy (non-hydrogen) atoms. The fraction of sp³-hybridized carbons (Fsp3) is 0.714. The number of nitrogens with one attached hydrogen (secondary N) is 1. The molecule has 0 aliphatic carbocycles. The molecule has 4 nitrogen and oxygen atoms in total. The number of carbonyl (C=O) groups is 1. The number of thiazole rings is 1. The van der Waals surface area contributed by atoms with Crippen LogP contribution in [-0.4, -0.2) is 34.9 Å². The zero-order valence-electron chi connectivity index (χ0n) is 12.1. The third-order valence-corrected chi connectivity index (χ3v) is 4.61. The Morgan fingerprint density at radius 3 is 2.90 bits per heavy atom. The maximum atomic E-state index is 11.6. The molecule has 0 unspecified atom stereocenters. The molecule has 1 rings (SSSR count). The van der Waals surface area contributed by atoms with Crippen LogP contribution in [0.2, 0.25) is 0 Å². The van der Waals surface area contributed by atoms with E-state index in [-0.39, 0.29) is 12.5 Å². The number of rotatable bonds is 11. The van der Waals surface area contributed by atoms with Crippen LogP contribution >= 0.6 is 23.1 Å². The Kier molecular flexibility index (Phi) is 9.70. The molecule has 0 saturated carbocycles. The number of carbonyl (C=O) groups excluding carboxylic acids is 1. The van der Waals surface area contributed by atoms with E-state index in [0.717, 1.165) is 54.4 Å². The van der Waals surface area contributed by atoms with Crippen molar-refractivity contribution in [3.8, 4) is 0 Å². The van der Waals surface area contributed by atoms with Crippen molar-refractivity contribution in [3.05, 3.63) is 16.1 Å². The van der Waals surface area contributed by atoms with E-state index in [0.29, 0.717) is 6.42 Å². The van der Waals surface area contributed by atoms with Gasteiger partial charge < -0.3 is 10.4 Å². The first-order chi connectivity index (χ1) is 9.72. The van der Waals surface area contributed by atoms with Crippen molar-refractivity contribution in [1.82, 2.24) is 10.3 Å². The highest BCUT2D eigenvalue weighted by Gasteiger charge is 2.02. The van der Waals surface area contributed by atoms with Crippen LogP contribution in [0.3, 0.4) is 0 Å². The van der Waals surface area contributed by atoms with Crippen molar-refractivity contribution in [2.45, 2.75) is 44.8 Å². The van der Waals surface area contributed by atoms with Crippen molar-refractivity contribution in [1.29, 1.82) is 0 Å². The largest absolute Gasteiger partial charge is 0.396 e. The minimum absolute atomic E-state index is 0.133. The van der Waals surface area contributed by atoms with Crippen molar-refractivity contribution in [2.24, 2.45) is 0 Å². The predicted octanol–water partition coefficient (Wildman–Crippen LogP) is 2.74. The van der Waals surface area contributed by atoms with Gasteiger partial charge in [0.1, 0.15) is 0 Å². The normalized spacial score (nSPS) is 10.7. The third-order valence-electron chi connectivity index (χ3n) is 2.80. The summed E-state index contributed by atoms with van der Waals surface area (Å²) >= 11 is 3.42. The lowest BCUT2D eigenvalue weighted by Gasteiger charge is -2.04. The number of unbranched alkanes of at least 4 members (excludes halogenated alkanes) is 3. The Labute approximate surface area is 129 Å². The van der Waals surface area contributed by atoms with E-state index in [4.69, 9.17) is 5.11 Å². The van der Waals surface area contributed by atoms with E-state index in [1.165, 1.54) is 0 Å². The van der Waals surface area contributed by atoms with Crippen LogP contribution in [-0.2, 0) is 10.5 Å². The smallest absolute Gasteiger partial charge is 0.220 e. The Morgan fingerprint density at radius 1 is 1.40 bits per heavy atom. The summed E-state index contributed by atoms with van der Waals surface area (Å²) in [7, 11) is 0. The summed E-state index contributed by atoms with van der Waals surface area (Å²) in [6.45, 7) is 3.02. The van der Waals surface area contributed by atoms with Crippen molar-refractivity contribution >= 4 is 29.0 Å². The topological polar surface area (TPSA) is 62.2 Å². The standard InChI is InChI=1S/C14H24N2O2S2/c1-12-16-13(11-20-12)10-19-9-6-14(18)15-7-4-2-3-5-8-17/h11,17H,2-10H2,1H3,(H,15,18). The van der Waals surface area contributed by atoms with Gasteiger partial charge in [-0.25, -0.2) is 4.98 Å². The first-order valence-electron chi connectivity index (χ1n) is 7.08. The summed E-state index contributed by atoms with van der Waals surface area (Å²) in [5.74, 6) is 1.86. The molecule has 0 fully saturated rings. The molecule has 1 heterocycles. The van der Waals surface area contributed by atoms with Gasteiger partial charge in [-0.05, 0) is 19.8 Å². The van der Waals surface area contributed by atoms with Crippen molar-refractivity contribution in [3.63, 3.8) is 0 Å². The van der Waals surface area contributed by atoms with E-state index in [1.807, 2.05) is 6.92 Å². The molecule has 0 saturated heterocycles. The second-order valence-electron chi connectivity index (χ2n) is 4.65. The minimum Gasteiger partial charge on any atom is -0.396 e. The average molecular weight is 316 g/mol. The summed E-state index contributed by atoms with van der Waals surface area (Å²) in [6.07, 6.45) is 4.54. The summed E-state index contributed by atoms with van der Waals surface area (Å²) in [5.41, 5.74) is 1.11. The molecule has 0 bridgehead atoms. The van der Waals surface area contributed by atoms with Gasteiger partial charge in [-0.3, -0.25) is 4.79 Å². The Bertz CT molecular complexity index is 383. The van der Waals surface area contributed by atoms with Crippen LogP contribution in [0.25, 0.3) is 0 Å². The van der Waals surface area contributed by atoms with Crippen LogP contribution in [0.5, 0.6) is 0 Å². The molecule has 0 aliphatic heterocycles. The number of aliphatic hydroxyl groups excluding tert-OH is 1. The minimum atomic E-state index is 0.133. The van der Waals surface area contributed by atoms with Crippen LogP contribution < -0.4 is 5.32 Å². The number of nitrogens with zero attached hydrogens (tertiary/aromatic N) is 1. The lowest BCUT2D eigenvalue weighted by molar-refractivity contribution is -0.120. The molecular formula is C14H24N2O2S2. The van der Waals surface area contributed by atoms with Crippen LogP contribution in [0, 0.1) is 6.92 Å². The number of hydrogen-bond acceptors (Lipinski definition) is 5. The third kappa shape index (κ3) is 8.55. The van der Waals surface area contributed by atoms with E-state index >= 15 is 0 Å². The van der Waals surface area contributed by atoms with Crippen LogP contribution in [0.4, 0.5) is 0 Å². The molecule has 1 amide bonds. The summed E-state index contributed by atoms with van der Waals surface area (Å²) in [6, 6.07) is 0. The fourth-order valence-corrected chi connectivity index (χ4v) is 3.27. The highest BCUT2D eigenvalue weighted by atomic mass is 32.2. The molecule has 0 aromatic carbocycles. The summed E-state index contributed by atoms with van der Waals surface area (Å²) < 4.78 is 0. The molecule has 0 atom stereocenters. The van der Waals surface area contributed by atoms with Crippen LogP contribution in [0.1, 0.15) is 42.8 Å². The van der Waals surface area contributed by atoms with Crippen LogP contribution in [0.15, 0.2) is 5.38 Å². The quantitative estimate of drug-likeness (QED) is 0.616. The number of aryl methyl sites for hydroxylation is 1. The second-order valence-corrected chi connectivity index (χ2v) is 6.82. The van der Waals surface area contributed by atoms with Crippen molar-refractivity contribution in [2.75, 3.05) is 18.9 Å². The first kappa shape index (κ1) is 17.5. The SMILES string of the molecule is Cc1nc(CSCCC(=O)NCCCCCCO)cs1. The van der Waals surface area contributed by atoms with E-state index in [1.54, 1.807) is 23.1 Å². The average Bonchev–Trinajstić information content (AvgIpc) is 2.84. The summed E-state index contributed by atoms with van der Waals surface area (Å²) in [4.78, 5) is 16.0. The van der Waals surface area contributed by atoms with Gasteiger partial charge in [-0.2, -0.15) is 11.8 Å². The molecule has 114 valence electrons. The molecule has 6 heteroatoms. The molecule has 0 radical (unpaired) electrons. The maximum Gasteiger partial charge on any atom is 0.220 e. The molecule has 2 N–H and O–H groups in total. The number of aromatic nitrogens is 1. The summed E-state index contributed by atoms with van der Waals surface area (Å²) in [5, 5.41) is 14.7. The highest BCUT2D eigenvalue weighted by molar-refractivity contribution is 7.98. The highest BCUT2D eigenvalue weighted by Crippen LogP contribution is 2.15. The van der Waals surface area contributed by atoms with Gasteiger partial charge in [0.2, 0.25) is 5.91 Å². The molecule has 0 aliphatic rings.